The highest BCUT2D eigenvalue weighted by Crippen LogP contribution is 2.59. The fourth-order valence-corrected chi connectivity index (χ4v) is 8.13. The molecule has 0 spiro atoms. The number of hydrogen-bond donors (Lipinski definition) is 0. The topological polar surface area (TPSA) is 34.1 Å². The second-order valence-corrected chi connectivity index (χ2v) is 11.5. The molecule has 1 aromatic rings. The Hall–Kier alpha value is -0.880. The van der Waals surface area contributed by atoms with E-state index in [4.69, 9.17) is 0 Å². The molecule has 146 valence electrons. The van der Waals surface area contributed by atoms with Gasteiger partial charge in [0.15, 0.2) is 7.14 Å². The van der Waals surface area contributed by atoms with Gasteiger partial charge in [0, 0.05) is 17.4 Å². The maximum atomic E-state index is 14.0. The Balaban J connectivity index is 2.18. The van der Waals surface area contributed by atoms with Crippen molar-refractivity contribution in [3.63, 3.8) is 0 Å². The minimum Gasteiger partial charge on any atom is -0.315 e. The maximum absolute atomic E-state index is 14.0. The molecule has 0 amide bonds. The zero-order valence-electron chi connectivity index (χ0n) is 17.3. The van der Waals surface area contributed by atoms with Crippen molar-refractivity contribution in [3.05, 3.63) is 34.4 Å². The van der Waals surface area contributed by atoms with E-state index in [1.54, 1.807) is 0 Å². The Labute approximate surface area is 160 Å². The molecule has 0 saturated heterocycles. The van der Waals surface area contributed by atoms with Crippen molar-refractivity contribution in [2.45, 2.75) is 97.6 Å². The van der Waals surface area contributed by atoms with Gasteiger partial charge in [0.2, 0.25) is 5.52 Å². The molecule has 2 rings (SSSR count). The fourth-order valence-electron chi connectivity index (χ4n) is 4.60. The second kappa shape index (κ2) is 9.88. The smallest absolute Gasteiger partial charge is 0.222 e. The third kappa shape index (κ3) is 5.10. The minimum atomic E-state index is -2.84. The van der Waals surface area contributed by atoms with Gasteiger partial charge < -0.3 is 4.57 Å². The summed E-state index contributed by atoms with van der Waals surface area (Å²) in [7, 11) is -2.84. The molecule has 0 N–H and O–H groups in total. The van der Waals surface area contributed by atoms with Crippen LogP contribution in [0.3, 0.4) is 0 Å². The molecule has 2 nitrogen and oxygen atoms in total. The zero-order chi connectivity index (χ0) is 19.2. The molecule has 1 unspecified atom stereocenters. The van der Waals surface area contributed by atoms with Crippen molar-refractivity contribution in [2.24, 2.45) is 0 Å². The first-order valence-corrected chi connectivity index (χ1v) is 12.6. The first kappa shape index (κ1) is 21.4. The minimum absolute atomic E-state index is 0.0204. The highest BCUT2D eigenvalue weighted by atomic mass is 31.2. The number of benzene rings is 1. The Kier molecular flexibility index (Phi) is 8.14. The molecule has 0 aliphatic heterocycles. The predicted molar refractivity (Wildman–Crippen MR) is 113 cm³/mol. The van der Waals surface area contributed by atoms with Gasteiger partial charge in [0.1, 0.15) is 0 Å². The predicted octanol–water partition coefficient (Wildman–Crippen LogP) is 7.42. The molecule has 0 bridgehead atoms. The van der Waals surface area contributed by atoms with E-state index in [0.717, 1.165) is 55.2 Å². The molecule has 3 heteroatoms. The zero-order valence-corrected chi connectivity index (χ0v) is 18.2. The fraction of sp³-hybridized carbons (Fsp3) is 0.696. The lowest BCUT2D eigenvalue weighted by molar-refractivity contribution is 0.107. The van der Waals surface area contributed by atoms with Crippen LogP contribution in [-0.2, 0) is 4.57 Å². The first-order valence-electron chi connectivity index (χ1n) is 10.6. The van der Waals surface area contributed by atoms with Gasteiger partial charge in [-0.3, -0.25) is 4.79 Å². The maximum Gasteiger partial charge on any atom is 0.222 e. The van der Waals surface area contributed by atoms with E-state index in [0.29, 0.717) is 6.16 Å². The SMILES string of the molecule is CCCCCCCCP(=O)(C(=O)c1c(C)cc(C)cc1C)C1CCCC1. The van der Waals surface area contributed by atoms with Gasteiger partial charge in [0.25, 0.3) is 0 Å². The van der Waals surface area contributed by atoms with Gasteiger partial charge >= 0.3 is 0 Å². The van der Waals surface area contributed by atoms with Gasteiger partial charge in [-0.2, -0.15) is 0 Å². The molecule has 1 fully saturated rings. The summed E-state index contributed by atoms with van der Waals surface area (Å²) < 4.78 is 14.0. The number of hydrogen-bond acceptors (Lipinski definition) is 2. The third-order valence-corrected chi connectivity index (χ3v) is 9.58. The van der Waals surface area contributed by atoms with E-state index in [2.05, 4.69) is 26.0 Å². The van der Waals surface area contributed by atoms with Crippen molar-refractivity contribution in [1.29, 1.82) is 0 Å². The van der Waals surface area contributed by atoms with Crippen LogP contribution >= 0.6 is 7.14 Å². The highest BCUT2D eigenvalue weighted by Gasteiger charge is 2.42. The molecule has 0 aromatic heterocycles. The Morgan fingerprint density at radius 2 is 1.50 bits per heavy atom. The third-order valence-electron chi connectivity index (χ3n) is 5.99. The summed E-state index contributed by atoms with van der Waals surface area (Å²) in [5.41, 5.74) is 4.01. The number of carbonyl (C=O) groups is 1. The molecule has 0 radical (unpaired) electrons. The summed E-state index contributed by atoms with van der Waals surface area (Å²) in [5, 5.41) is 0. The summed E-state index contributed by atoms with van der Waals surface area (Å²) in [4.78, 5) is 13.5. The normalized spacial score (nSPS) is 17.4. The molecule has 1 saturated carbocycles. The van der Waals surface area contributed by atoms with Crippen LogP contribution in [0.15, 0.2) is 12.1 Å². The number of aryl methyl sites for hydroxylation is 3. The monoisotopic (exact) mass is 376 g/mol. The Morgan fingerprint density at radius 1 is 0.962 bits per heavy atom. The second-order valence-electron chi connectivity index (χ2n) is 8.30. The van der Waals surface area contributed by atoms with Crippen LogP contribution in [0.5, 0.6) is 0 Å². The standard InChI is InChI=1S/C23H37O2P/c1-5-6-7-8-9-12-15-26(25,21-13-10-11-14-21)23(24)22-19(3)16-18(2)17-20(22)4/h16-17,21H,5-15H2,1-4H3. The van der Waals surface area contributed by atoms with Crippen LogP contribution < -0.4 is 0 Å². The molecular weight excluding hydrogens is 339 g/mol. The summed E-state index contributed by atoms with van der Waals surface area (Å²) in [6.07, 6.45) is 11.9. The summed E-state index contributed by atoms with van der Waals surface area (Å²) in [6, 6.07) is 4.12. The molecule has 1 aromatic carbocycles. The van der Waals surface area contributed by atoms with Crippen LogP contribution in [0, 0.1) is 20.8 Å². The average Bonchev–Trinajstić information content (AvgIpc) is 3.12. The first-order chi connectivity index (χ1) is 12.4. The van der Waals surface area contributed by atoms with E-state index < -0.39 is 7.14 Å². The van der Waals surface area contributed by atoms with Crippen molar-refractivity contribution in [3.8, 4) is 0 Å². The highest BCUT2D eigenvalue weighted by molar-refractivity contribution is 7.81. The lowest BCUT2D eigenvalue weighted by Gasteiger charge is -2.25. The van der Waals surface area contributed by atoms with Gasteiger partial charge in [-0.25, -0.2) is 0 Å². The van der Waals surface area contributed by atoms with E-state index in [1.165, 1.54) is 31.2 Å². The number of carbonyl (C=O) groups excluding carboxylic acids is 1. The number of rotatable bonds is 10. The summed E-state index contributed by atoms with van der Waals surface area (Å²) >= 11 is 0. The molecule has 0 heterocycles. The van der Waals surface area contributed by atoms with Crippen molar-refractivity contribution < 1.29 is 9.36 Å². The lowest BCUT2D eigenvalue weighted by Crippen LogP contribution is -2.17. The van der Waals surface area contributed by atoms with E-state index in [9.17, 15) is 9.36 Å². The van der Waals surface area contributed by atoms with Crippen molar-refractivity contribution in [1.82, 2.24) is 0 Å². The van der Waals surface area contributed by atoms with E-state index >= 15 is 0 Å². The molecule has 26 heavy (non-hydrogen) atoms. The molecular formula is C23H37O2P. The van der Waals surface area contributed by atoms with E-state index in [-0.39, 0.29) is 11.2 Å². The van der Waals surface area contributed by atoms with Crippen LogP contribution in [0.1, 0.15) is 98.2 Å². The van der Waals surface area contributed by atoms with Gasteiger partial charge in [-0.05, 0) is 51.2 Å². The summed E-state index contributed by atoms with van der Waals surface area (Å²) in [6.45, 7) is 8.27. The average molecular weight is 377 g/mol. The van der Waals surface area contributed by atoms with Crippen LogP contribution in [-0.4, -0.2) is 17.3 Å². The lowest BCUT2D eigenvalue weighted by atomic mass is 10.0. The molecule has 1 atom stereocenters. The molecule has 1 aliphatic rings. The van der Waals surface area contributed by atoms with Crippen LogP contribution in [0.2, 0.25) is 0 Å². The Bertz CT molecular complexity index is 633. The quantitative estimate of drug-likeness (QED) is 0.314. The van der Waals surface area contributed by atoms with E-state index in [1.807, 2.05) is 13.8 Å². The number of unbranched alkanes of at least 4 members (excludes halogenated alkanes) is 5. The van der Waals surface area contributed by atoms with Crippen LogP contribution in [0.25, 0.3) is 0 Å². The van der Waals surface area contributed by atoms with Crippen LogP contribution in [0.4, 0.5) is 0 Å². The van der Waals surface area contributed by atoms with Crippen molar-refractivity contribution >= 4 is 12.7 Å². The largest absolute Gasteiger partial charge is 0.315 e. The molecule has 1 aliphatic carbocycles. The van der Waals surface area contributed by atoms with Crippen molar-refractivity contribution in [2.75, 3.05) is 6.16 Å². The van der Waals surface area contributed by atoms with Gasteiger partial charge in [-0.1, -0.05) is 69.6 Å². The Morgan fingerprint density at radius 3 is 2.08 bits per heavy atom. The van der Waals surface area contributed by atoms with Gasteiger partial charge in [-0.15, -0.1) is 0 Å². The van der Waals surface area contributed by atoms with Gasteiger partial charge in [0.05, 0.1) is 0 Å². The summed E-state index contributed by atoms with van der Waals surface area (Å²) in [5.74, 6) is 0.